The largest absolute Gasteiger partial charge is 0.496 e. The molecule has 1 heterocycles. The first-order chi connectivity index (χ1) is 9.51. The van der Waals surface area contributed by atoms with Crippen LogP contribution in [0.3, 0.4) is 0 Å². The van der Waals surface area contributed by atoms with E-state index in [1.54, 1.807) is 12.1 Å². The smallest absolute Gasteiger partial charge is 0.255 e. The van der Waals surface area contributed by atoms with E-state index in [2.05, 4.69) is 33.2 Å². The number of hydrogen-bond donors (Lipinski definition) is 2. The highest BCUT2D eigenvalue weighted by molar-refractivity contribution is 14.1. The van der Waals surface area contributed by atoms with Gasteiger partial charge in [0.05, 0.1) is 12.7 Å². The first-order valence-electron chi connectivity index (χ1n) is 5.99. The zero-order chi connectivity index (χ0) is 14.7. The van der Waals surface area contributed by atoms with Gasteiger partial charge in [-0.1, -0.05) is 0 Å². The summed E-state index contributed by atoms with van der Waals surface area (Å²) in [4.78, 5) is 34.9. The quantitative estimate of drug-likeness (QED) is 0.594. The molecule has 0 aliphatic carbocycles. The van der Waals surface area contributed by atoms with Crippen molar-refractivity contribution in [3.05, 3.63) is 27.3 Å². The Balaban J connectivity index is 2.14. The van der Waals surface area contributed by atoms with Gasteiger partial charge in [-0.25, -0.2) is 0 Å². The summed E-state index contributed by atoms with van der Waals surface area (Å²) in [5, 5.41) is 4.82. The molecule has 1 fully saturated rings. The number of piperidine rings is 1. The van der Waals surface area contributed by atoms with E-state index in [-0.39, 0.29) is 12.3 Å². The molecule has 3 amide bonds. The predicted octanol–water partition coefficient (Wildman–Crippen LogP) is 0.835. The molecule has 7 heteroatoms. The topological polar surface area (TPSA) is 84.5 Å². The molecule has 1 unspecified atom stereocenters. The molecule has 0 bridgehead atoms. The lowest BCUT2D eigenvalue weighted by molar-refractivity contribution is -0.134. The molecule has 1 aromatic rings. The van der Waals surface area contributed by atoms with Crippen LogP contribution in [0.25, 0.3) is 0 Å². The van der Waals surface area contributed by atoms with Gasteiger partial charge in [0.1, 0.15) is 11.8 Å². The molecule has 1 aliphatic rings. The monoisotopic (exact) mass is 388 g/mol. The molecular weight excluding hydrogens is 375 g/mol. The molecule has 0 spiro atoms. The van der Waals surface area contributed by atoms with Crippen LogP contribution in [0.15, 0.2) is 18.2 Å². The van der Waals surface area contributed by atoms with Crippen LogP contribution in [-0.4, -0.2) is 30.9 Å². The Morgan fingerprint density at radius 3 is 2.85 bits per heavy atom. The maximum Gasteiger partial charge on any atom is 0.255 e. The molecule has 106 valence electrons. The van der Waals surface area contributed by atoms with Crippen LogP contribution >= 0.6 is 22.6 Å². The molecule has 0 radical (unpaired) electrons. The van der Waals surface area contributed by atoms with Gasteiger partial charge in [0.2, 0.25) is 11.8 Å². The zero-order valence-electron chi connectivity index (χ0n) is 10.7. The molecule has 0 aromatic heterocycles. The average molecular weight is 388 g/mol. The van der Waals surface area contributed by atoms with Crippen molar-refractivity contribution in [1.82, 2.24) is 10.6 Å². The number of carbonyl (C=O) groups excluding carboxylic acids is 3. The molecule has 1 aromatic carbocycles. The molecule has 1 atom stereocenters. The maximum absolute atomic E-state index is 12.2. The molecule has 2 rings (SSSR count). The number of carbonyl (C=O) groups is 3. The second kappa shape index (κ2) is 6.21. The van der Waals surface area contributed by atoms with Gasteiger partial charge in [-0.05, 0) is 47.2 Å². The van der Waals surface area contributed by atoms with Crippen LogP contribution < -0.4 is 15.4 Å². The number of rotatable bonds is 3. The Kier molecular flexibility index (Phi) is 4.58. The third-order valence-electron chi connectivity index (χ3n) is 2.95. The lowest BCUT2D eigenvalue weighted by Crippen LogP contribution is -2.52. The average Bonchev–Trinajstić information content (AvgIpc) is 2.41. The fraction of sp³-hybridized carbons (Fsp3) is 0.308. The number of halogens is 1. The lowest BCUT2D eigenvalue weighted by Gasteiger charge is -2.22. The van der Waals surface area contributed by atoms with Gasteiger partial charge in [-0.15, -0.1) is 0 Å². The van der Waals surface area contributed by atoms with Crippen molar-refractivity contribution < 1.29 is 19.1 Å². The van der Waals surface area contributed by atoms with Gasteiger partial charge in [0.15, 0.2) is 0 Å². The second-order valence-corrected chi connectivity index (χ2v) is 5.57. The Hall–Kier alpha value is -1.64. The number of imide groups is 1. The molecule has 1 saturated heterocycles. The predicted molar refractivity (Wildman–Crippen MR) is 79.3 cm³/mol. The SMILES string of the molecule is COc1ccc(I)cc1C(=O)NC1CCC(=O)NC1=O. The molecule has 6 nitrogen and oxygen atoms in total. The summed E-state index contributed by atoms with van der Waals surface area (Å²) < 4.78 is 6.02. The summed E-state index contributed by atoms with van der Waals surface area (Å²) in [5.41, 5.74) is 0.365. The minimum absolute atomic E-state index is 0.222. The number of ether oxygens (including phenoxy) is 1. The minimum atomic E-state index is -0.692. The van der Waals surface area contributed by atoms with Gasteiger partial charge < -0.3 is 10.1 Å². The van der Waals surface area contributed by atoms with E-state index in [1.807, 2.05) is 6.07 Å². The van der Waals surface area contributed by atoms with Crippen molar-refractivity contribution in [1.29, 1.82) is 0 Å². The highest BCUT2D eigenvalue weighted by Gasteiger charge is 2.28. The molecule has 20 heavy (non-hydrogen) atoms. The van der Waals surface area contributed by atoms with Gasteiger partial charge in [0, 0.05) is 9.99 Å². The number of methoxy groups -OCH3 is 1. The summed E-state index contributed by atoms with van der Waals surface area (Å²) in [7, 11) is 1.48. The first-order valence-corrected chi connectivity index (χ1v) is 7.07. The molecule has 2 N–H and O–H groups in total. The van der Waals surface area contributed by atoms with Crippen molar-refractivity contribution in [2.45, 2.75) is 18.9 Å². The fourth-order valence-corrected chi connectivity index (χ4v) is 2.42. The van der Waals surface area contributed by atoms with Crippen molar-refractivity contribution in [3.8, 4) is 5.75 Å². The summed E-state index contributed by atoms with van der Waals surface area (Å²) in [6.07, 6.45) is 0.531. The fourth-order valence-electron chi connectivity index (χ4n) is 1.92. The van der Waals surface area contributed by atoms with Crippen LogP contribution in [0.1, 0.15) is 23.2 Å². The van der Waals surface area contributed by atoms with Gasteiger partial charge in [-0.2, -0.15) is 0 Å². The minimum Gasteiger partial charge on any atom is -0.496 e. The third kappa shape index (κ3) is 3.27. The Morgan fingerprint density at radius 1 is 1.45 bits per heavy atom. The van der Waals surface area contributed by atoms with E-state index in [9.17, 15) is 14.4 Å². The van der Waals surface area contributed by atoms with Crippen molar-refractivity contribution >= 4 is 40.3 Å². The van der Waals surface area contributed by atoms with Crippen LogP contribution in [0.4, 0.5) is 0 Å². The van der Waals surface area contributed by atoms with E-state index < -0.39 is 17.9 Å². The van der Waals surface area contributed by atoms with Crippen LogP contribution in [-0.2, 0) is 9.59 Å². The normalized spacial score (nSPS) is 18.4. The standard InChI is InChI=1S/C13H13IN2O4/c1-20-10-4-2-7(14)6-8(10)12(18)15-9-3-5-11(17)16-13(9)19/h2,4,6,9H,3,5H2,1H3,(H,15,18)(H,16,17,19). The van der Waals surface area contributed by atoms with Crippen molar-refractivity contribution in [2.75, 3.05) is 7.11 Å². The van der Waals surface area contributed by atoms with Crippen molar-refractivity contribution in [2.24, 2.45) is 0 Å². The van der Waals surface area contributed by atoms with E-state index >= 15 is 0 Å². The number of benzene rings is 1. The van der Waals surface area contributed by atoms with Gasteiger partial charge in [0.25, 0.3) is 5.91 Å². The maximum atomic E-state index is 12.2. The van der Waals surface area contributed by atoms with Gasteiger partial charge >= 0.3 is 0 Å². The third-order valence-corrected chi connectivity index (χ3v) is 3.62. The van der Waals surface area contributed by atoms with E-state index in [1.165, 1.54) is 7.11 Å². The van der Waals surface area contributed by atoms with Crippen molar-refractivity contribution in [3.63, 3.8) is 0 Å². The molecule has 0 saturated carbocycles. The van der Waals surface area contributed by atoms with Crippen LogP contribution in [0.5, 0.6) is 5.75 Å². The second-order valence-electron chi connectivity index (χ2n) is 4.32. The summed E-state index contributed by atoms with van der Waals surface area (Å²) in [5.74, 6) is -0.739. The molecule has 1 aliphatic heterocycles. The first kappa shape index (κ1) is 14.8. The lowest BCUT2D eigenvalue weighted by atomic mass is 10.1. The highest BCUT2D eigenvalue weighted by atomic mass is 127. The highest BCUT2D eigenvalue weighted by Crippen LogP contribution is 2.21. The summed E-state index contributed by atoms with van der Waals surface area (Å²) >= 11 is 2.09. The van der Waals surface area contributed by atoms with Gasteiger partial charge in [-0.3, -0.25) is 19.7 Å². The Labute approximate surface area is 129 Å². The molecular formula is C13H13IN2O4. The number of amides is 3. The number of hydrogen-bond acceptors (Lipinski definition) is 4. The van der Waals surface area contributed by atoms with E-state index in [0.29, 0.717) is 17.7 Å². The van der Waals surface area contributed by atoms with E-state index in [4.69, 9.17) is 4.74 Å². The summed E-state index contributed by atoms with van der Waals surface area (Å²) in [6, 6.07) is 4.51. The van der Waals surface area contributed by atoms with Crippen LogP contribution in [0, 0.1) is 3.57 Å². The Bertz CT molecular complexity index is 573. The van der Waals surface area contributed by atoms with Crippen LogP contribution in [0.2, 0.25) is 0 Å². The Morgan fingerprint density at radius 2 is 2.20 bits per heavy atom. The zero-order valence-corrected chi connectivity index (χ0v) is 12.9. The van der Waals surface area contributed by atoms with E-state index in [0.717, 1.165) is 3.57 Å². The number of nitrogens with one attached hydrogen (secondary N) is 2. The summed E-state index contributed by atoms with van der Waals surface area (Å²) in [6.45, 7) is 0.